The van der Waals surface area contributed by atoms with E-state index in [1.165, 1.54) is 43.5 Å². The first-order valence-corrected chi connectivity index (χ1v) is 12.5. The topological polar surface area (TPSA) is 114 Å². The van der Waals surface area contributed by atoms with E-state index in [1.807, 2.05) is 0 Å². The third-order valence-electron chi connectivity index (χ3n) is 5.30. The van der Waals surface area contributed by atoms with Crippen molar-refractivity contribution in [2.75, 3.05) is 23.9 Å². The molecule has 1 saturated heterocycles. The number of hydrogen-bond donors (Lipinski definition) is 2. The second-order valence-corrected chi connectivity index (χ2v) is 9.60. The highest BCUT2D eigenvalue weighted by atomic mass is 79.9. The van der Waals surface area contributed by atoms with Gasteiger partial charge in [0.2, 0.25) is 0 Å². The molecule has 1 fully saturated rings. The molecule has 1 aliphatic heterocycles. The molecule has 2 N–H and O–H groups in total. The van der Waals surface area contributed by atoms with Crippen LogP contribution in [0.3, 0.4) is 0 Å². The van der Waals surface area contributed by atoms with Gasteiger partial charge in [-0.25, -0.2) is 14.1 Å². The quantitative estimate of drug-likeness (QED) is 0.258. The standard InChI is InChI=1S/C26H17BrCl2FN3O6/c1-38-21-10-13(8-17-24(35)32-26(37)33(25(17)36)16-5-2-14(30)3-6-16)9-18(27)23(21)39-12-22(34)31-15-4-7-19(28)20(29)11-15/h2-11H,12H2,1H3,(H,31,34)(H,32,35,37)/b17-8+. The van der Waals surface area contributed by atoms with Crippen LogP contribution in [0.15, 0.2) is 64.6 Å². The number of nitrogens with one attached hydrogen (secondary N) is 2. The Hall–Kier alpha value is -3.93. The lowest BCUT2D eigenvalue weighted by Gasteiger charge is -2.26. The molecule has 0 aliphatic carbocycles. The molecule has 200 valence electrons. The van der Waals surface area contributed by atoms with Crippen LogP contribution >= 0.6 is 39.1 Å². The number of carbonyl (C=O) groups is 4. The maximum atomic E-state index is 13.3. The van der Waals surface area contributed by atoms with Gasteiger partial charge in [-0.3, -0.25) is 19.7 Å². The minimum absolute atomic E-state index is 0.0824. The summed E-state index contributed by atoms with van der Waals surface area (Å²) < 4.78 is 24.7. The summed E-state index contributed by atoms with van der Waals surface area (Å²) >= 11 is 15.2. The highest BCUT2D eigenvalue weighted by Gasteiger charge is 2.37. The van der Waals surface area contributed by atoms with Crippen molar-refractivity contribution in [3.05, 3.63) is 86.1 Å². The van der Waals surface area contributed by atoms with E-state index in [0.29, 0.717) is 20.7 Å². The van der Waals surface area contributed by atoms with Gasteiger partial charge < -0.3 is 14.8 Å². The number of ether oxygens (including phenoxy) is 2. The number of halogens is 4. The van der Waals surface area contributed by atoms with Crippen LogP contribution in [-0.2, 0) is 14.4 Å². The number of anilines is 2. The molecule has 39 heavy (non-hydrogen) atoms. The second kappa shape index (κ2) is 11.9. The SMILES string of the molecule is COc1cc(/C=C2\C(=O)NC(=O)N(c3ccc(F)cc3)C2=O)cc(Br)c1OCC(=O)Nc1ccc(Cl)c(Cl)c1. The molecule has 1 heterocycles. The molecule has 0 aromatic heterocycles. The normalized spacial score (nSPS) is 14.3. The smallest absolute Gasteiger partial charge is 0.335 e. The molecule has 1 aliphatic rings. The van der Waals surface area contributed by atoms with Crippen LogP contribution in [-0.4, -0.2) is 37.5 Å². The van der Waals surface area contributed by atoms with Crippen molar-refractivity contribution in [1.29, 1.82) is 0 Å². The Morgan fingerprint density at radius 1 is 1.08 bits per heavy atom. The van der Waals surface area contributed by atoms with Gasteiger partial charge in [-0.2, -0.15) is 0 Å². The Kier molecular flexibility index (Phi) is 8.54. The lowest BCUT2D eigenvalue weighted by Crippen LogP contribution is -2.54. The number of rotatable bonds is 7. The summed E-state index contributed by atoms with van der Waals surface area (Å²) in [6.07, 6.45) is 1.26. The van der Waals surface area contributed by atoms with Crippen molar-refractivity contribution < 1.29 is 33.0 Å². The number of methoxy groups -OCH3 is 1. The number of amides is 5. The van der Waals surface area contributed by atoms with Gasteiger partial charge in [-0.05, 0) is 82.2 Å². The van der Waals surface area contributed by atoms with Crippen LogP contribution in [0.1, 0.15) is 5.56 Å². The van der Waals surface area contributed by atoms with Gasteiger partial charge in [0.15, 0.2) is 18.1 Å². The molecule has 9 nitrogen and oxygen atoms in total. The van der Waals surface area contributed by atoms with Crippen LogP contribution in [0.5, 0.6) is 11.5 Å². The Labute approximate surface area is 239 Å². The van der Waals surface area contributed by atoms with Crippen LogP contribution in [0.4, 0.5) is 20.6 Å². The summed E-state index contributed by atoms with van der Waals surface area (Å²) in [7, 11) is 1.37. The number of barbiturate groups is 1. The molecule has 3 aromatic carbocycles. The van der Waals surface area contributed by atoms with Crippen LogP contribution < -0.4 is 25.0 Å². The van der Waals surface area contributed by atoms with Crippen molar-refractivity contribution in [3.63, 3.8) is 0 Å². The molecule has 0 radical (unpaired) electrons. The fourth-order valence-corrected chi connectivity index (χ4v) is 4.39. The van der Waals surface area contributed by atoms with Crippen LogP contribution in [0, 0.1) is 5.82 Å². The molecule has 5 amide bonds. The minimum atomic E-state index is -0.963. The average molecular weight is 637 g/mol. The van der Waals surface area contributed by atoms with Gasteiger partial charge in [0.05, 0.1) is 27.3 Å². The van der Waals surface area contributed by atoms with E-state index in [9.17, 15) is 23.6 Å². The minimum Gasteiger partial charge on any atom is -0.493 e. The van der Waals surface area contributed by atoms with Crippen LogP contribution in [0.2, 0.25) is 10.0 Å². The first kappa shape index (κ1) is 28.1. The summed E-state index contributed by atoms with van der Waals surface area (Å²) in [5, 5.41) is 5.35. The van der Waals surface area contributed by atoms with Crippen molar-refractivity contribution in [2.45, 2.75) is 0 Å². The van der Waals surface area contributed by atoms with Crippen molar-refractivity contribution in [2.24, 2.45) is 0 Å². The van der Waals surface area contributed by atoms with E-state index >= 15 is 0 Å². The van der Waals surface area contributed by atoms with Crippen molar-refractivity contribution in [1.82, 2.24) is 5.32 Å². The molecule has 0 unspecified atom stereocenters. The van der Waals surface area contributed by atoms with Crippen LogP contribution in [0.25, 0.3) is 6.08 Å². The lowest BCUT2D eigenvalue weighted by atomic mass is 10.1. The molecule has 0 bridgehead atoms. The van der Waals surface area contributed by atoms with E-state index in [1.54, 1.807) is 12.1 Å². The van der Waals surface area contributed by atoms with Gasteiger partial charge in [0, 0.05) is 5.69 Å². The molecule has 3 aromatic rings. The molecule has 13 heteroatoms. The van der Waals surface area contributed by atoms with E-state index in [2.05, 4.69) is 26.6 Å². The third kappa shape index (κ3) is 6.39. The Bertz CT molecular complexity index is 1530. The molecule has 0 saturated carbocycles. The lowest BCUT2D eigenvalue weighted by molar-refractivity contribution is -0.122. The monoisotopic (exact) mass is 635 g/mol. The summed E-state index contributed by atoms with van der Waals surface area (Å²) in [6.45, 7) is -0.384. The molecule has 0 atom stereocenters. The molecular formula is C26H17BrCl2FN3O6. The first-order valence-electron chi connectivity index (χ1n) is 11.0. The maximum Gasteiger partial charge on any atom is 0.335 e. The second-order valence-electron chi connectivity index (χ2n) is 7.93. The fraction of sp³-hybridized carbons (Fsp3) is 0.0769. The van der Waals surface area contributed by atoms with E-state index in [-0.39, 0.29) is 34.4 Å². The Morgan fingerprint density at radius 3 is 2.46 bits per heavy atom. The Balaban J connectivity index is 1.54. The number of carbonyl (C=O) groups excluding carboxylic acids is 4. The highest BCUT2D eigenvalue weighted by molar-refractivity contribution is 9.10. The summed E-state index contributed by atoms with van der Waals surface area (Å²) in [4.78, 5) is 51.0. The maximum absolute atomic E-state index is 13.3. The predicted octanol–water partition coefficient (Wildman–Crippen LogP) is 5.59. The van der Waals surface area contributed by atoms with Gasteiger partial charge in [-0.15, -0.1) is 0 Å². The number of benzene rings is 3. The fourth-order valence-electron chi connectivity index (χ4n) is 3.52. The average Bonchev–Trinajstić information content (AvgIpc) is 2.88. The highest BCUT2D eigenvalue weighted by Crippen LogP contribution is 2.37. The molecule has 0 spiro atoms. The largest absolute Gasteiger partial charge is 0.493 e. The number of urea groups is 1. The van der Waals surface area contributed by atoms with Gasteiger partial charge in [0.1, 0.15) is 11.4 Å². The third-order valence-corrected chi connectivity index (χ3v) is 6.63. The zero-order chi connectivity index (χ0) is 28.3. The summed E-state index contributed by atoms with van der Waals surface area (Å²) in [5.74, 6) is -2.46. The van der Waals surface area contributed by atoms with Gasteiger partial charge >= 0.3 is 6.03 Å². The number of hydrogen-bond acceptors (Lipinski definition) is 6. The predicted molar refractivity (Wildman–Crippen MR) is 147 cm³/mol. The van der Waals surface area contributed by atoms with Gasteiger partial charge in [-0.1, -0.05) is 23.2 Å². The number of imide groups is 2. The first-order chi connectivity index (χ1) is 18.6. The zero-order valence-electron chi connectivity index (χ0n) is 19.9. The van der Waals surface area contributed by atoms with E-state index in [0.717, 1.165) is 17.0 Å². The van der Waals surface area contributed by atoms with E-state index in [4.69, 9.17) is 32.7 Å². The summed E-state index contributed by atoms with van der Waals surface area (Å²) in [6, 6.07) is 11.3. The number of nitrogens with zero attached hydrogens (tertiary/aromatic N) is 1. The van der Waals surface area contributed by atoms with Gasteiger partial charge in [0.25, 0.3) is 17.7 Å². The molecular weight excluding hydrogens is 620 g/mol. The van der Waals surface area contributed by atoms with Crippen molar-refractivity contribution in [3.8, 4) is 11.5 Å². The van der Waals surface area contributed by atoms with E-state index < -0.39 is 29.6 Å². The van der Waals surface area contributed by atoms with Crippen molar-refractivity contribution >= 4 is 80.3 Å². The summed E-state index contributed by atoms with van der Waals surface area (Å²) in [5.41, 5.74) is 0.509. The molecule has 4 rings (SSSR count). The Morgan fingerprint density at radius 2 is 1.79 bits per heavy atom. The zero-order valence-corrected chi connectivity index (χ0v) is 23.0.